The van der Waals surface area contributed by atoms with Crippen LogP contribution in [0.2, 0.25) is 0 Å². The largest absolute Gasteiger partial charge is 0.573 e. The van der Waals surface area contributed by atoms with E-state index in [9.17, 15) is 23.1 Å². The fourth-order valence-corrected chi connectivity index (χ4v) is 4.44. The van der Waals surface area contributed by atoms with E-state index >= 15 is 0 Å². The molecule has 1 heterocycles. The average molecular weight is 447 g/mol. The molecule has 3 aromatic rings. The highest BCUT2D eigenvalue weighted by Crippen LogP contribution is 2.38. The SMILES string of the molecule is Cc1cc2c(cc1C(=O)O)nc(Nc1ccc(OC(F)(F)F)cc1)n2[C@H]1CCC[C@@H](C)C1. The van der Waals surface area contributed by atoms with Crippen LogP contribution >= 0.6 is 0 Å². The molecule has 1 aliphatic rings. The normalized spacial score (nSPS) is 19.2. The number of carbonyl (C=O) groups is 1. The summed E-state index contributed by atoms with van der Waals surface area (Å²) in [7, 11) is 0. The van der Waals surface area contributed by atoms with Gasteiger partial charge in [0.15, 0.2) is 0 Å². The minimum absolute atomic E-state index is 0.189. The van der Waals surface area contributed by atoms with Crippen LogP contribution in [-0.2, 0) is 0 Å². The minimum Gasteiger partial charge on any atom is -0.478 e. The fourth-order valence-electron chi connectivity index (χ4n) is 4.44. The standard InChI is InChI=1S/C23H24F3N3O3/c1-13-4-3-5-16(10-13)29-20-11-14(2)18(21(30)31)12-19(20)28-22(29)27-15-6-8-17(9-7-15)32-23(24,25)26/h6-9,11-13,16H,3-5,10H2,1-2H3,(H,27,28)(H,30,31)/t13-,16+/m1/s1. The number of hydrogen-bond donors (Lipinski definition) is 2. The van der Waals surface area contributed by atoms with E-state index in [0.29, 0.717) is 28.6 Å². The molecule has 0 amide bonds. The van der Waals surface area contributed by atoms with Crippen LogP contribution in [0.4, 0.5) is 24.8 Å². The number of ether oxygens (including phenoxy) is 1. The van der Waals surface area contributed by atoms with Gasteiger partial charge in [-0.25, -0.2) is 9.78 Å². The molecule has 6 nitrogen and oxygen atoms in total. The van der Waals surface area contributed by atoms with Crippen LogP contribution in [0, 0.1) is 12.8 Å². The number of rotatable bonds is 5. The van der Waals surface area contributed by atoms with Crippen LogP contribution < -0.4 is 10.1 Å². The number of carboxylic acids is 1. The van der Waals surface area contributed by atoms with E-state index in [0.717, 1.165) is 31.2 Å². The van der Waals surface area contributed by atoms with Gasteiger partial charge in [0.1, 0.15) is 5.75 Å². The lowest BCUT2D eigenvalue weighted by Crippen LogP contribution is -2.19. The van der Waals surface area contributed by atoms with Gasteiger partial charge in [0, 0.05) is 11.7 Å². The Labute approximate surface area is 183 Å². The van der Waals surface area contributed by atoms with Gasteiger partial charge in [-0.3, -0.25) is 0 Å². The first-order valence-electron chi connectivity index (χ1n) is 10.5. The Morgan fingerprint density at radius 2 is 1.94 bits per heavy atom. The van der Waals surface area contributed by atoms with Crippen molar-refractivity contribution < 1.29 is 27.8 Å². The lowest BCUT2D eigenvalue weighted by Gasteiger charge is -2.29. The minimum atomic E-state index is -4.75. The number of aryl methyl sites for hydroxylation is 1. The van der Waals surface area contributed by atoms with Crippen LogP contribution in [-0.4, -0.2) is 27.0 Å². The van der Waals surface area contributed by atoms with Gasteiger partial charge in [-0.1, -0.05) is 19.8 Å². The first kappa shape index (κ1) is 22.0. The summed E-state index contributed by atoms with van der Waals surface area (Å²) < 4.78 is 43.3. The van der Waals surface area contributed by atoms with E-state index in [1.807, 2.05) is 6.07 Å². The Balaban J connectivity index is 1.73. The van der Waals surface area contributed by atoms with Crippen molar-refractivity contribution in [2.45, 2.75) is 51.9 Å². The van der Waals surface area contributed by atoms with Crippen LogP contribution in [0.3, 0.4) is 0 Å². The van der Waals surface area contributed by atoms with Crippen molar-refractivity contribution in [2.75, 3.05) is 5.32 Å². The first-order valence-corrected chi connectivity index (χ1v) is 10.5. The molecule has 2 N–H and O–H groups in total. The Morgan fingerprint density at radius 1 is 1.22 bits per heavy atom. The van der Waals surface area contributed by atoms with Crippen LogP contribution in [0.25, 0.3) is 11.0 Å². The predicted molar refractivity (Wildman–Crippen MR) is 115 cm³/mol. The predicted octanol–water partition coefficient (Wildman–Crippen LogP) is 6.44. The maximum Gasteiger partial charge on any atom is 0.573 e. The van der Waals surface area contributed by atoms with Crippen molar-refractivity contribution in [3.63, 3.8) is 0 Å². The van der Waals surface area contributed by atoms with E-state index in [2.05, 4.69) is 26.5 Å². The number of nitrogens with zero attached hydrogens (tertiary/aromatic N) is 2. The Bertz CT molecular complexity index is 1140. The number of aromatic nitrogens is 2. The molecule has 0 bridgehead atoms. The van der Waals surface area contributed by atoms with E-state index in [4.69, 9.17) is 0 Å². The topological polar surface area (TPSA) is 76.4 Å². The summed E-state index contributed by atoms with van der Waals surface area (Å²) in [4.78, 5) is 16.2. The van der Waals surface area contributed by atoms with E-state index in [1.54, 1.807) is 13.0 Å². The smallest absolute Gasteiger partial charge is 0.478 e. The summed E-state index contributed by atoms with van der Waals surface area (Å²) >= 11 is 0. The molecule has 32 heavy (non-hydrogen) atoms. The molecule has 1 aromatic heterocycles. The number of aromatic carboxylic acids is 1. The molecule has 0 radical (unpaired) electrons. The van der Waals surface area contributed by atoms with Crippen molar-refractivity contribution >= 4 is 28.6 Å². The number of carboxylic acid groups (broad SMARTS) is 1. The number of benzene rings is 2. The molecule has 1 fully saturated rings. The summed E-state index contributed by atoms with van der Waals surface area (Å²) in [5.41, 5.74) is 2.79. The quantitative estimate of drug-likeness (QED) is 0.471. The number of nitrogens with one attached hydrogen (secondary N) is 1. The summed E-state index contributed by atoms with van der Waals surface area (Å²) in [6, 6.07) is 9.05. The number of alkyl halides is 3. The molecule has 1 aliphatic carbocycles. The number of anilines is 2. The number of fused-ring (bicyclic) bond motifs is 1. The molecule has 4 rings (SSSR count). The van der Waals surface area contributed by atoms with E-state index < -0.39 is 12.3 Å². The van der Waals surface area contributed by atoms with Gasteiger partial charge in [0.05, 0.1) is 16.6 Å². The van der Waals surface area contributed by atoms with Crippen molar-refractivity contribution in [3.05, 3.63) is 47.5 Å². The highest BCUT2D eigenvalue weighted by Gasteiger charge is 2.31. The Morgan fingerprint density at radius 3 is 2.56 bits per heavy atom. The van der Waals surface area contributed by atoms with Gasteiger partial charge in [0.2, 0.25) is 5.95 Å². The van der Waals surface area contributed by atoms with Crippen LogP contribution in [0.5, 0.6) is 5.75 Å². The fraction of sp³-hybridized carbons (Fsp3) is 0.391. The van der Waals surface area contributed by atoms with Crippen LogP contribution in [0.15, 0.2) is 36.4 Å². The van der Waals surface area contributed by atoms with Gasteiger partial charge in [-0.2, -0.15) is 0 Å². The van der Waals surface area contributed by atoms with Crippen LogP contribution in [0.1, 0.15) is 54.6 Å². The molecule has 170 valence electrons. The Kier molecular flexibility index (Phi) is 5.75. The third kappa shape index (κ3) is 4.66. The monoisotopic (exact) mass is 447 g/mol. The highest BCUT2D eigenvalue weighted by atomic mass is 19.4. The number of halogens is 3. The zero-order chi connectivity index (χ0) is 23.0. The van der Waals surface area contributed by atoms with Gasteiger partial charge < -0.3 is 19.7 Å². The zero-order valence-electron chi connectivity index (χ0n) is 17.7. The zero-order valence-corrected chi connectivity index (χ0v) is 17.7. The summed E-state index contributed by atoms with van der Waals surface area (Å²) in [6.07, 6.45) is -0.559. The molecule has 1 saturated carbocycles. The third-order valence-electron chi connectivity index (χ3n) is 5.88. The molecule has 0 spiro atoms. The molecular weight excluding hydrogens is 423 g/mol. The molecule has 0 aliphatic heterocycles. The van der Waals surface area contributed by atoms with Gasteiger partial charge >= 0.3 is 12.3 Å². The molecule has 2 aromatic carbocycles. The van der Waals surface area contributed by atoms with Gasteiger partial charge in [-0.05, 0) is 67.6 Å². The third-order valence-corrected chi connectivity index (χ3v) is 5.88. The molecule has 0 saturated heterocycles. The maximum absolute atomic E-state index is 12.4. The van der Waals surface area contributed by atoms with Gasteiger partial charge in [-0.15, -0.1) is 13.2 Å². The summed E-state index contributed by atoms with van der Waals surface area (Å²) in [5.74, 6) is -0.234. The number of imidazole rings is 1. The van der Waals surface area contributed by atoms with Crippen molar-refractivity contribution in [3.8, 4) is 5.75 Å². The van der Waals surface area contributed by atoms with Gasteiger partial charge in [0.25, 0.3) is 0 Å². The second kappa shape index (κ2) is 8.37. The van der Waals surface area contributed by atoms with Crippen molar-refractivity contribution in [2.24, 2.45) is 5.92 Å². The van der Waals surface area contributed by atoms with E-state index in [1.165, 1.54) is 24.3 Å². The summed E-state index contributed by atoms with van der Waals surface area (Å²) in [5, 5.41) is 12.7. The molecule has 9 heteroatoms. The maximum atomic E-state index is 12.4. The van der Waals surface area contributed by atoms with Crippen molar-refractivity contribution in [1.82, 2.24) is 9.55 Å². The Hall–Kier alpha value is -3.23. The molecular formula is C23H24F3N3O3. The van der Waals surface area contributed by atoms with Crippen molar-refractivity contribution in [1.29, 1.82) is 0 Å². The lowest BCUT2D eigenvalue weighted by atomic mass is 9.87. The first-order chi connectivity index (χ1) is 15.1. The number of hydrogen-bond acceptors (Lipinski definition) is 4. The second-order valence-corrected chi connectivity index (χ2v) is 8.39. The lowest BCUT2D eigenvalue weighted by molar-refractivity contribution is -0.274. The van der Waals surface area contributed by atoms with E-state index in [-0.39, 0.29) is 17.4 Å². The average Bonchev–Trinajstić information content (AvgIpc) is 3.04. The molecule has 0 unspecified atom stereocenters. The summed E-state index contributed by atoms with van der Waals surface area (Å²) in [6.45, 7) is 3.97. The second-order valence-electron chi connectivity index (χ2n) is 8.39. The highest BCUT2D eigenvalue weighted by molar-refractivity contribution is 5.95. The molecule has 2 atom stereocenters.